The minimum atomic E-state index is -0.566. The van der Waals surface area contributed by atoms with Crippen LogP contribution in [0, 0.1) is 36.5 Å². The van der Waals surface area contributed by atoms with E-state index in [9.17, 15) is 10.5 Å². The minimum absolute atomic E-state index is 0.0888. The maximum absolute atomic E-state index is 9.54. The van der Waals surface area contributed by atoms with Gasteiger partial charge in [-0.25, -0.2) is 0 Å². The van der Waals surface area contributed by atoms with E-state index >= 15 is 0 Å². The van der Waals surface area contributed by atoms with Crippen LogP contribution in [-0.4, -0.2) is 0 Å². The first-order valence-electron chi connectivity index (χ1n) is 15.5. The van der Waals surface area contributed by atoms with Crippen molar-refractivity contribution in [3.63, 3.8) is 0 Å². The minimum Gasteiger partial charge on any atom is -0.310 e. The molecule has 0 bridgehead atoms. The van der Waals surface area contributed by atoms with Crippen LogP contribution in [0.4, 0.5) is 17.1 Å². The molecule has 0 heterocycles. The molecule has 6 aromatic rings. The summed E-state index contributed by atoms with van der Waals surface area (Å²) >= 11 is 0. The van der Waals surface area contributed by atoms with Gasteiger partial charge in [-0.05, 0) is 112 Å². The van der Waals surface area contributed by atoms with Crippen molar-refractivity contribution in [2.75, 3.05) is 4.90 Å². The van der Waals surface area contributed by atoms with E-state index < -0.39 is 5.41 Å². The summed E-state index contributed by atoms with van der Waals surface area (Å²) < 4.78 is 0. The smallest absolute Gasteiger partial charge is 0.130 e. The van der Waals surface area contributed by atoms with Crippen LogP contribution < -0.4 is 4.90 Å². The Bertz CT molecular complexity index is 2190. The van der Waals surface area contributed by atoms with Crippen molar-refractivity contribution in [2.24, 2.45) is 0 Å². The number of nitriles is 2. The van der Waals surface area contributed by atoms with Gasteiger partial charge in [0, 0.05) is 17.1 Å². The summed E-state index contributed by atoms with van der Waals surface area (Å²) in [6.45, 7) is 4.23. The summed E-state index contributed by atoms with van der Waals surface area (Å²) in [6.07, 6.45) is 1.69. The Labute approximate surface area is 269 Å². The highest BCUT2D eigenvalue weighted by Gasteiger charge is 2.51. The molecule has 0 fully saturated rings. The first kappa shape index (κ1) is 27.4. The first-order chi connectivity index (χ1) is 22.5. The van der Waals surface area contributed by atoms with E-state index in [4.69, 9.17) is 0 Å². The fourth-order valence-corrected chi connectivity index (χ4v) is 7.46. The van der Waals surface area contributed by atoms with Crippen LogP contribution in [0.3, 0.4) is 0 Å². The Hall–Kier alpha value is -6.16. The molecule has 1 spiro atoms. The van der Waals surface area contributed by atoms with Gasteiger partial charge < -0.3 is 4.90 Å². The third-order valence-electron chi connectivity index (χ3n) is 9.49. The van der Waals surface area contributed by atoms with Crippen LogP contribution in [-0.2, 0) is 5.41 Å². The molecule has 216 valence electrons. The largest absolute Gasteiger partial charge is 0.310 e. The fraction of sp³-hybridized carbons (Fsp3) is 0.0698. The number of hydrogen-bond acceptors (Lipinski definition) is 3. The van der Waals surface area contributed by atoms with Crippen LogP contribution >= 0.6 is 0 Å². The number of fused-ring (bicyclic) bond motifs is 10. The lowest BCUT2D eigenvalue weighted by molar-refractivity contribution is 0.793. The molecule has 0 amide bonds. The first-order valence-corrected chi connectivity index (χ1v) is 15.5. The third kappa shape index (κ3) is 3.96. The second-order valence-electron chi connectivity index (χ2n) is 12.2. The highest BCUT2D eigenvalue weighted by Crippen LogP contribution is 2.63. The lowest BCUT2D eigenvalue weighted by Crippen LogP contribution is -2.26. The molecule has 0 aromatic heterocycles. The maximum atomic E-state index is 9.54. The molecule has 3 heteroatoms. The molecule has 46 heavy (non-hydrogen) atoms. The molecule has 6 aromatic carbocycles. The summed E-state index contributed by atoms with van der Waals surface area (Å²) in [7, 11) is 0. The molecule has 2 aliphatic carbocycles. The Kier molecular flexibility index (Phi) is 6.24. The number of hydrogen-bond donors (Lipinski definition) is 0. The Balaban J connectivity index is 1.44. The van der Waals surface area contributed by atoms with Gasteiger partial charge in [0.15, 0.2) is 0 Å². The summed E-state index contributed by atoms with van der Waals surface area (Å²) in [5, 5.41) is 19.1. The van der Waals surface area contributed by atoms with Crippen molar-refractivity contribution in [3.8, 4) is 34.4 Å². The van der Waals surface area contributed by atoms with Crippen LogP contribution in [0.5, 0.6) is 0 Å². The van der Waals surface area contributed by atoms with Crippen molar-refractivity contribution in [1.82, 2.24) is 0 Å². The van der Waals surface area contributed by atoms with E-state index in [1.54, 1.807) is 6.08 Å². The van der Waals surface area contributed by atoms with Crippen LogP contribution in [0.1, 0.15) is 38.9 Å². The normalized spacial score (nSPS) is 12.7. The van der Waals surface area contributed by atoms with Gasteiger partial charge in [0.1, 0.15) is 17.7 Å². The summed E-state index contributed by atoms with van der Waals surface area (Å²) in [5.74, 6) is 0. The predicted octanol–water partition coefficient (Wildman–Crippen LogP) is 10.5. The Morgan fingerprint density at radius 1 is 0.522 bits per heavy atom. The highest BCUT2D eigenvalue weighted by atomic mass is 15.1. The van der Waals surface area contributed by atoms with Gasteiger partial charge in [-0.15, -0.1) is 0 Å². The van der Waals surface area contributed by atoms with Gasteiger partial charge >= 0.3 is 0 Å². The molecule has 2 aliphatic rings. The fourth-order valence-electron chi connectivity index (χ4n) is 7.46. The quantitative estimate of drug-likeness (QED) is 0.193. The predicted molar refractivity (Wildman–Crippen MR) is 186 cm³/mol. The monoisotopic (exact) mass is 587 g/mol. The van der Waals surface area contributed by atoms with Gasteiger partial charge in [0.25, 0.3) is 0 Å². The average Bonchev–Trinajstić information content (AvgIpc) is 3.56. The highest BCUT2D eigenvalue weighted by molar-refractivity contribution is 5.96. The van der Waals surface area contributed by atoms with Gasteiger partial charge in [-0.3, -0.25) is 0 Å². The zero-order valence-corrected chi connectivity index (χ0v) is 25.6. The molecule has 0 aliphatic heterocycles. The summed E-state index contributed by atoms with van der Waals surface area (Å²) in [5.41, 5.74) is 15.8. The second-order valence-corrected chi connectivity index (χ2v) is 12.2. The molecule has 0 atom stereocenters. The topological polar surface area (TPSA) is 50.8 Å². The van der Waals surface area contributed by atoms with E-state index in [1.165, 1.54) is 50.1 Å². The molecule has 0 saturated carbocycles. The maximum Gasteiger partial charge on any atom is 0.130 e. The van der Waals surface area contributed by atoms with E-state index in [1.807, 2.05) is 18.2 Å². The molecule has 0 unspecified atom stereocenters. The second kappa shape index (κ2) is 10.5. The van der Waals surface area contributed by atoms with Gasteiger partial charge in [0.2, 0.25) is 0 Å². The third-order valence-corrected chi connectivity index (χ3v) is 9.49. The number of aryl methyl sites for hydroxylation is 2. The van der Waals surface area contributed by atoms with Crippen molar-refractivity contribution in [2.45, 2.75) is 19.3 Å². The van der Waals surface area contributed by atoms with E-state index in [-0.39, 0.29) is 5.57 Å². The van der Waals surface area contributed by atoms with Crippen molar-refractivity contribution >= 4 is 23.1 Å². The van der Waals surface area contributed by atoms with Gasteiger partial charge in [-0.1, -0.05) is 102 Å². The standard InChI is InChI=1S/C43H29N3/c1-28-11-16-32(17-12-28)46(33-18-13-29(2)14-19-33)34-20-22-38-37-21-15-30(23-31(26-44)27-45)24-41(37)43(42(38)25-34)39-9-5-3-7-35(39)36-8-4-6-10-40(36)43/h3-25H,1-2H3. The zero-order chi connectivity index (χ0) is 31.4. The molecule has 0 N–H and O–H groups in total. The average molecular weight is 588 g/mol. The van der Waals surface area contributed by atoms with Gasteiger partial charge in [0.05, 0.1) is 5.41 Å². The summed E-state index contributed by atoms with van der Waals surface area (Å²) in [4.78, 5) is 2.34. The zero-order valence-electron chi connectivity index (χ0n) is 25.6. The lowest BCUT2D eigenvalue weighted by Gasteiger charge is -2.32. The van der Waals surface area contributed by atoms with Crippen LogP contribution in [0.15, 0.2) is 139 Å². The molecule has 0 saturated heterocycles. The number of anilines is 3. The number of allylic oxidation sites excluding steroid dienone is 1. The van der Waals surface area contributed by atoms with Crippen LogP contribution in [0.25, 0.3) is 28.3 Å². The van der Waals surface area contributed by atoms with E-state index in [0.29, 0.717) is 0 Å². The number of nitrogens with zero attached hydrogens (tertiary/aromatic N) is 3. The Morgan fingerprint density at radius 3 is 1.52 bits per heavy atom. The summed E-state index contributed by atoms with van der Waals surface area (Å²) in [6, 6.07) is 52.1. The molecule has 0 radical (unpaired) electrons. The molecular formula is C43H29N3. The van der Waals surface area contributed by atoms with Gasteiger partial charge in [-0.2, -0.15) is 10.5 Å². The van der Waals surface area contributed by atoms with Crippen LogP contribution in [0.2, 0.25) is 0 Å². The van der Waals surface area contributed by atoms with Crippen molar-refractivity contribution in [3.05, 3.63) is 178 Å². The molecular weight excluding hydrogens is 558 g/mol. The number of benzene rings is 6. The van der Waals surface area contributed by atoms with E-state index in [2.05, 4.69) is 146 Å². The Morgan fingerprint density at radius 2 is 0.978 bits per heavy atom. The SMILES string of the molecule is Cc1ccc(N(c2ccc(C)cc2)c2ccc3c(c2)C2(c4ccccc4-c4ccccc42)c2cc(C=C(C#N)C#N)ccc2-3)cc1. The lowest BCUT2D eigenvalue weighted by atomic mass is 9.70. The van der Waals surface area contributed by atoms with Crippen molar-refractivity contribution in [1.29, 1.82) is 10.5 Å². The molecule has 8 rings (SSSR count). The number of rotatable bonds is 4. The van der Waals surface area contributed by atoms with Crippen molar-refractivity contribution < 1.29 is 0 Å². The van der Waals surface area contributed by atoms with E-state index in [0.717, 1.165) is 28.2 Å². The molecule has 3 nitrogen and oxygen atoms in total.